The quantitative estimate of drug-likeness (QED) is 0.152. The van der Waals surface area contributed by atoms with Gasteiger partial charge in [-0.2, -0.15) is 0 Å². The minimum atomic E-state index is -1.03. The van der Waals surface area contributed by atoms with Crippen molar-refractivity contribution in [3.63, 3.8) is 0 Å². The van der Waals surface area contributed by atoms with Gasteiger partial charge in [0.25, 0.3) is 11.7 Å². The van der Waals surface area contributed by atoms with Crippen molar-refractivity contribution < 1.29 is 28.6 Å². The van der Waals surface area contributed by atoms with Gasteiger partial charge in [0.2, 0.25) is 0 Å². The molecule has 0 saturated carbocycles. The van der Waals surface area contributed by atoms with Crippen LogP contribution in [0, 0.1) is 5.82 Å². The zero-order chi connectivity index (χ0) is 27.4. The van der Waals surface area contributed by atoms with Gasteiger partial charge in [-0.15, -0.1) is 0 Å². The summed E-state index contributed by atoms with van der Waals surface area (Å²) in [5, 5.41) is 11.4. The van der Waals surface area contributed by atoms with Gasteiger partial charge in [-0.25, -0.2) is 4.39 Å². The van der Waals surface area contributed by atoms with Crippen LogP contribution >= 0.6 is 0 Å². The summed E-state index contributed by atoms with van der Waals surface area (Å²) in [5.74, 6) is -0.936. The number of carbonyl (C=O) groups is 2. The van der Waals surface area contributed by atoms with Crippen LogP contribution < -0.4 is 14.4 Å². The number of rotatable bonds is 8. The number of aliphatic hydroxyl groups excluding tert-OH is 1. The van der Waals surface area contributed by atoms with E-state index < -0.39 is 23.5 Å². The van der Waals surface area contributed by atoms with Gasteiger partial charge in [-0.3, -0.25) is 14.5 Å². The summed E-state index contributed by atoms with van der Waals surface area (Å²) in [6.45, 7) is 2.54. The van der Waals surface area contributed by atoms with Gasteiger partial charge < -0.3 is 14.6 Å². The highest BCUT2D eigenvalue weighted by molar-refractivity contribution is 6.51. The number of ether oxygens (including phenoxy) is 2. The SMILES string of the molecule is CCCOc1ccc(/C(O)=C2\C(=O)C(=O)N(c3cccc(F)c3)C2c2cccc(Oc3ccccc3)c2)cc1. The third-order valence-corrected chi connectivity index (χ3v) is 6.28. The molecule has 1 fully saturated rings. The molecule has 4 aromatic rings. The number of amides is 1. The van der Waals surface area contributed by atoms with E-state index in [-0.39, 0.29) is 17.0 Å². The molecule has 1 amide bonds. The van der Waals surface area contributed by atoms with Crippen molar-refractivity contribution in [3.8, 4) is 17.2 Å². The van der Waals surface area contributed by atoms with Crippen LogP contribution in [0.3, 0.4) is 0 Å². The fraction of sp³-hybridized carbons (Fsp3) is 0.125. The first-order valence-electron chi connectivity index (χ1n) is 12.6. The van der Waals surface area contributed by atoms with Crippen LogP contribution in [0.25, 0.3) is 5.76 Å². The number of halogens is 1. The van der Waals surface area contributed by atoms with Crippen molar-refractivity contribution in [2.75, 3.05) is 11.5 Å². The molecule has 0 radical (unpaired) electrons. The molecule has 1 heterocycles. The highest BCUT2D eigenvalue weighted by atomic mass is 19.1. The number of carbonyl (C=O) groups excluding carboxylic acids is 2. The van der Waals surface area contributed by atoms with E-state index >= 15 is 0 Å². The second-order valence-corrected chi connectivity index (χ2v) is 9.01. The summed E-state index contributed by atoms with van der Waals surface area (Å²) in [7, 11) is 0. The van der Waals surface area contributed by atoms with Crippen LogP contribution in [0.2, 0.25) is 0 Å². The topological polar surface area (TPSA) is 76.1 Å². The van der Waals surface area contributed by atoms with E-state index in [1.807, 2.05) is 25.1 Å². The number of Topliss-reactive ketones (excluding diaryl/α,β-unsaturated/α-hetero) is 1. The van der Waals surface area contributed by atoms with Gasteiger partial charge in [0, 0.05) is 11.3 Å². The third kappa shape index (κ3) is 5.38. The number of hydrogen-bond acceptors (Lipinski definition) is 5. The lowest BCUT2D eigenvalue weighted by Gasteiger charge is -2.26. The number of hydrogen-bond donors (Lipinski definition) is 1. The summed E-state index contributed by atoms with van der Waals surface area (Å²) in [6.07, 6.45) is 0.846. The summed E-state index contributed by atoms with van der Waals surface area (Å²) in [5.41, 5.74) is 0.941. The Kier molecular flexibility index (Phi) is 7.41. The molecule has 0 aliphatic carbocycles. The van der Waals surface area contributed by atoms with Crippen molar-refractivity contribution in [1.29, 1.82) is 0 Å². The Morgan fingerprint density at radius 1 is 0.846 bits per heavy atom. The Labute approximate surface area is 225 Å². The molecule has 1 N–H and O–H groups in total. The molecule has 1 aliphatic heterocycles. The normalized spacial score (nSPS) is 16.4. The zero-order valence-electron chi connectivity index (χ0n) is 21.2. The summed E-state index contributed by atoms with van der Waals surface area (Å²) in [4.78, 5) is 28.0. The monoisotopic (exact) mass is 523 g/mol. The van der Waals surface area contributed by atoms with Gasteiger partial charge in [-0.05, 0) is 78.7 Å². The van der Waals surface area contributed by atoms with Gasteiger partial charge in [0.1, 0.15) is 28.8 Å². The van der Waals surface area contributed by atoms with Crippen LogP contribution in [-0.4, -0.2) is 23.4 Å². The molecule has 0 bridgehead atoms. The second-order valence-electron chi connectivity index (χ2n) is 9.01. The van der Waals surface area contributed by atoms with Crippen LogP contribution in [0.15, 0.2) is 109 Å². The average molecular weight is 524 g/mol. The van der Waals surface area contributed by atoms with E-state index in [2.05, 4.69) is 0 Å². The first kappa shape index (κ1) is 25.7. The number of aliphatic hydroxyl groups is 1. The maximum atomic E-state index is 14.2. The molecule has 6 nitrogen and oxygen atoms in total. The summed E-state index contributed by atoms with van der Waals surface area (Å²) >= 11 is 0. The fourth-order valence-corrected chi connectivity index (χ4v) is 4.50. The molecule has 39 heavy (non-hydrogen) atoms. The van der Waals surface area contributed by atoms with E-state index in [0.717, 1.165) is 6.42 Å². The molecule has 7 heteroatoms. The smallest absolute Gasteiger partial charge is 0.300 e. The van der Waals surface area contributed by atoms with Gasteiger partial charge in [0.05, 0.1) is 18.2 Å². The number of benzene rings is 4. The predicted molar refractivity (Wildman–Crippen MR) is 146 cm³/mol. The lowest BCUT2D eigenvalue weighted by atomic mass is 9.95. The van der Waals surface area contributed by atoms with Crippen LogP contribution in [0.1, 0.15) is 30.5 Å². The average Bonchev–Trinajstić information content (AvgIpc) is 3.22. The molecule has 1 unspecified atom stereocenters. The van der Waals surface area contributed by atoms with Crippen LogP contribution in [0.5, 0.6) is 17.2 Å². The van der Waals surface area contributed by atoms with Crippen molar-refractivity contribution in [1.82, 2.24) is 0 Å². The Morgan fingerprint density at radius 3 is 2.28 bits per heavy atom. The molecule has 1 saturated heterocycles. The summed E-state index contributed by atoms with van der Waals surface area (Å²) in [6, 6.07) is 27.1. The molecular weight excluding hydrogens is 497 g/mol. The molecule has 4 aromatic carbocycles. The highest BCUT2D eigenvalue weighted by Gasteiger charge is 2.47. The predicted octanol–water partition coefficient (Wildman–Crippen LogP) is 7.03. The first-order valence-corrected chi connectivity index (χ1v) is 12.6. The molecule has 0 aromatic heterocycles. The lowest BCUT2D eigenvalue weighted by molar-refractivity contribution is -0.132. The van der Waals surface area contributed by atoms with E-state index in [1.54, 1.807) is 66.7 Å². The zero-order valence-corrected chi connectivity index (χ0v) is 21.2. The Morgan fingerprint density at radius 2 is 1.56 bits per heavy atom. The van der Waals surface area contributed by atoms with Crippen LogP contribution in [0.4, 0.5) is 10.1 Å². The van der Waals surface area contributed by atoms with Crippen molar-refractivity contribution >= 4 is 23.1 Å². The van der Waals surface area contributed by atoms with E-state index in [9.17, 15) is 19.1 Å². The maximum Gasteiger partial charge on any atom is 0.300 e. The van der Waals surface area contributed by atoms with Crippen LogP contribution in [-0.2, 0) is 9.59 Å². The largest absolute Gasteiger partial charge is 0.507 e. The maximum absolute atomic E-state index is 14.2. The Hall–Kier alpha value is -4.91. The minimum absolute atomic E-state index is 0.108. The van der Waals surface area contributed by atoms with Crippen molar-refractivity contribution in [2.24, 2.45) is 0 Å². The second kappa shape index (κ2) is 11.2. The van der Waals surface area contributed by atoms with E-state index in [1.165, 1.54) is 23.1 Å². The van der Waals surface area contributed by atoms with Crippen molar-refractivity contribution in [3.05, 3.63) is 126 Å². The lowest BCUT2D eigenvalue weighted by Crippen LogP contribution is -2.29. The third-order valence-electron chi connectivity index (χ3n) is 6.28. The number of ketones is 1. The molecule has 1 aliphatic rings. The molecule has 0 spiro atoms. The Bertz CT molecular complexity index is 1530. The highest BCUT2D eigenvalue weighted by Crippen LogP contribution is 2.43. The Balaban J connectivity index is 1.62. The minimum Gasteiger partial charge on any atom is -0.507 e. The van der Waals surface area contributed by atoms with E-state index in [4.69, 9.17) is 9.47 Å². The number of anilines is 1. The van der Waals surface area contributed by atoms with Gasteiger partial charge in [-0.1, -0.05) is 43.3 Å². The molecule has 196 valence electrons. The fourth-order valence-electron chi connectivity index (χ4n) is 4.50. The summed E-state index contributed by atoms with van der Waals surface area (Å²) < 4.78 is 25.8. The van der Waals surface area contributed by atoms with Crippen molar-refractivity contribution in [2.45, 2.75) is 19.4 Å². The van der Waals surface area contributed by atoms with E-state index in [0.29, 0.717) is 35.0 Å². The van der Waals surface area contributed by atoms with Gasteiger partial charge in [0.15, 0.2) is 0 Å². The molecule has 5 rings (SSSR count). The number of para-hydroxylation sites is 1. The van der Waals surface area contributed by atoms with Gasteiger partial charge >= 0.3 is 0 Å². The standard InChI is InChI=1S/C32H26FNO5/c1-2-18-38-25-16-14-21(15-17-25)30(35)28-29(34(32(37)31(28)36)24-10-7-9-23(33)20-24)22-8-6-13-27(19-22)39-26-11-4-3-5-12-26/h3-17,19-20,29,35H,2,18H2,1H3/b30-28+. The molecule has 1 atom stereocenters. The molecular formula is C32H26FNO5. The number of nitrogens with zero attached hydrogens (tertiary/aromatic N) is 1. The first-order chi connectivity index (χ1) is 19.0.